The number of rotatable bonds is 1. The number of halogens is 3. The number of anilines is 1. The summed E-state index contributed by atoms with van der Waals surface area (Å²) in [5.74, 6) is 0.771. The van der Waals surface area contributed by atoms with E-state index in [4.69, 9.17) is 5.73 Å². The quantitative estimate of drug-likeness (QED) is 0.817. The number of hydrogen-bond donors (Lipinski definition) is 1. The molecule has 1 aliphatic carbocycles. The highest BCUT2D eigenvalue weighted by Crippen LogP contribution is 2.47. The lowest BCUT2D eigenvalue weighted by Crippen LogP contribution is -2.29. The van der Waals surface area contributed by atoms with E-state index in [1.54, 1.807) is 12.1 Å². The summed E-state index contributed by atoms with van der Waals surface area (Å²) in [6.07, 6.45) is -4.29. The monoisotopic (exact) mass is 242 g/mol. The van der Waals surface area contributed by atoms with Crippen LogP contribution in [0.15, 0.2) is 24.3 Å². The first-order chi connectivity index (χ1) is 7.98. The standard InChI is InChI=1S/C12H13F3N2/c13-12(14,15)9-3-1-2-4-10(9)17-5-7-8(6-17)11(7)16/h1-4,7-8,11H,5-6,16H2. The maximum absolute atomic E-state index is 12.8. The Morgan fingerprint density at radius 1 is 1.12 bits per heavy atom. The smallest absolute Gasteiger partial charge is 0.370 e. The maximum atomic E-state index is 12.8. The molecule has 1 aliphatic heterocycles. The summed E-state index contributed by atoms with van der Waals surface area (Å²) in [5, 5.41) is 0. The lowest BCUT2D eigenvalue weighted by molar-refractivity contribution is -0.137. The van der Waals surface area contributed by atoms with Gasteiger partial charge >= 0.3 is 6.18 Å². The van der Waals surface area contributed by atoms with Crippen LogP contribution in [0.2, 0.25) is 0 Å². The minimum atomic E-state index is -4.29. The predicted octanol–water partition coefficient (Wildman–Crippen LogP) is 2.10. The van der Waals surface area contributed by atoms with Crippen molar-refractivity contribution in [3.8, 4) is 0 Å². The molecule has 0 spiro atoms. The van der Waals surface area contributed by atoms with Gasteiger partial charge in [-0.3, -0.25) is 0 Å². The average molecular weight is 242 g/mol. The Morgan fingerprint density at radius 3 is 2.29 bits per heavy atom. The fourth-order valence-corrected chi connectivity index (χ4v) is 2.76. The molecule has 0 aromatic heterocycles. The third-order valence-corrected chi connectivity index (χ3v) is 3.81. The second kappa shape index (κ2) is 3.38. The number of piperidine rings is 1. The molecule has 5 heteroatoms. The van der Waals surface area contributed by atoms with Gasteiger partial charge in [-0.25, -0.2) is 0 Å². The number of alkyl halides is 3. The van der Waals surface area contributed by atoms with Gasteiger partial charge in [-0.1, -0.05) is 12.1 Å². The summed E-state index contributed by atoms with van der Waals surface area (Å²) in [5.41, 5.74) is 5.53. The second-order valence-corrected chi connectivity index (χ2v) is 4.82. The molecular weight excluding hydrogens is 229 g/mol. The van der Waals surface area contributed by atoms with E-state index in [1.165, 1.54) is 6.07 Å². The van der Waals surface area contributed by atoms with Gasteiger partial charge in [0.15, 0.2) is 0 Å². The number of para-hydroxylation sites is 1. The molecule has 2 atom stereocenters. The number of nitrogens with two attached hydrogens (primary N) is 1. The number of benzene rings is 1. The first-order valence-electron chi connectivity index (χ1n) is 5.65. The van der Waals surface area contributed by atoms with Crippen molar-refractivity contribution < 1.29 is 13.2 Å². The third kappa shape index (κ3) is 1.69. The van der Waals surface area contributed by atoms with Gasteiger partial charge in [0.2, 0.25) is 0 Å². The number of hydrogen-bond acceptors (Lipinski definition) is 2. The zero-order valence-electron chi connectivity index (χ0n) is 9.11. The summed E-state index contributed by atoms with van der Waals surface area (Å²) in [6.45, 7) is 1.30. The lowest BCUT2D eigenvalue weighted by Gasteiger charge is -2.25. The van der Waals surface area contributed by atoms with Crippen LogP contribution in [0.1, 0.15) is 5.56 Å². The van der Waals surface area contributed by atoms with Gasteiger partial charge in [0.25, 0.3) is 0 Å². The molecule has 0 amide bonds. The van der Waals surface area contributed by atoms with Crippen LogP contribution in [-0.4, -0.2) is 19.1 Å². The molecule has 0 radical (unpaired) electrons. The van der Waals surface area contributed by atoms with Gasteiger partial charge in [-0.15, -0.1) is 0 Å². The van der Waals surface area contributed by atoms with Crippen LogP contribution in [-0.2, 0) is 6.18 Å². The first kappa shape index (κ1) is 10.9. The molecule has 3 rings (SSSR count). The molecular formula is C12H13F3N2. The average Bonchev–Trinajstić information content (AvgIpc) is 2.75. The van der Waals surface area contributed by atoms with Crippen molar-refractivity contribution in [2.24, 2.45) is 17.6 Å². The summed E-state index contributed by atoms with van der Waals surface area (Å²) >= 11 is 0. The van der Waals surface area contributed by atoms with Gasteiger partial charge in [0, 0.05) is 24.8 Å². The van der Waals surface area contributed by atoms with Crippen molar-refractivity contribution in [1.82, 2.24) is 0 Å². The highest BCUT2D eigenvalue weighted by Gasteiger charge is 2.54. The molecule has 92 valence electrons. The second-order valence-electron chi connectivity index (χ2n) is 4.82. The molecule has 1 saturated heterocycles. The minimum Gasteiger partial charge on any atom is -0.370 e. The van der Waals surface area contributed by atoms with Crippen molar-refractivity contribution in [3.63, 3.8) is 0 Å². The van der Waals surface area contributed by atoms with E-state index in [9.17, 15) is 13.2 Å². The summed E-state index contributed by atoms with van der Waals surface area (Å²) < 4.78 is 38.5. The summed E-state index contributed by atoms with van der Waals surface area (Å²) in [7, 11) is 0. The van der Waals surface area contributed by atoms with Gasteiger partial charge in [-0.2, -0.15) is 13.2 Å². The van der Waals surface area contributed by atoms with Crippen LogP contribution in [0.3, 0.4) is 0 Å². The SMILES string of the molecule is NC1C2CN(c3ccccc3C(F)(F)F)CC12. The Kier molecular flexibility index (Phi) is 2.17. The van der Waals surface area contributed by atoms with E-state index in [0.29, 0.717) is 30.6 Å². The fourth-order valence-electron chi connectivity index (χ4n) is 2.76. The van der Waals surface area contributed by atoms with E-state index in [1.807, 2.05) is 4.90 Å². The molecule has 0 bridgehead atoms. The normalized spacial score (nSPS) is 31.5. The van der Waals surface area contributed by atoms with Crippen LogP contribution >= 0.6 is 0 Å². The van der Waals surface area contributed by atoms with Gasteiger partial charge < -0.3 is 10.6 Å². The Labute approximate surface area is 97.2 Å². The van der Waals surface area contributed by atoms with Gasteiger partial charge in [0.1, 0.15) is 0 Å². The van der Waals surface area contributed by atoms with E-state index >= 15 is 0 Å². The van der Waals surface area contributed by atoms with Crippen LogP contribution in [0.4, 0.5) is 18.9 Å². The highest BCUT2D eigenvalue weighted by molar-refractivity contribution is 5.57. The van der Waals surface area contributed by atoms with Crippen LogP contribution in [0.25, 0.3) is 0 Å². The Morgan fingerprint density at radius 2 is 1.71 bits per heavy atom. The van der Waals surface area contributed by atoms with Gasteiger partial charge in [-0.05, 0) is 24.0 Å². The molecule has 2 aliphatic rings. The topological polar surface area (TPSA) is 29.3 Å². The zero-order valence-corrected chi connectivity index (χ0v) is 9.11. The predicted molar refractivity (Wildman–Crippen MR) is 58.6 cm³/mol. The van der Waals surface area contributed by atoms with Crippen LogP contribution in [0, 0.1) is 11.8 Å². The van der Waals surface area contributed by atoms with Crippen molar-refractivity contribution in [2.45, 2.75) is 12.2 Å². The van der Waals surface area contributed by atoms with Crippen molar-refractivity contribution in [3.05, 3.63) is 29.8 Å². The Bertz CT molecular complexity index is 432. The Balaban J connectivity index is 1.89. The lowest BCUT2D eigenvalue weighted by atomic mass is 10.1. The van der Waals surface area contributed by atoms with Crippen molar-refractivity contribution in [2.75, 3.05) is 18.0 Å². The first-order valence-corrected chi connectivity index (χ1v) is 5.65. The highest BCUT2D eigenvalue weighted by atomic mass is 19.4. The molecule has 2 nitrogen and oxygen atoms in total. The molecule has 1 aromatic rings. The molecule has 1 aromatic carbocycles. The number of nitrogens with zero attached hydrogens (tertiary/aromatic N) is 1. The van der Waals surface area contributed by atoms with Crippen molar-refractivity contribution in [1.29, 1.82) is 0 Å². The van der Waals surface area contributed by atoms with E-state index in [0.717, 1.165) is 6.07 Å². The van der Waals surface area contributed by atoms with E-state index < -0.39 is 11.7 Å². The van der Waals surface area contributed by atoms with E-state index in [-0.39, 0.29) is 6.04 Å². The molecule has 17 heavy (non-hydrogen) atoms. The van der Waals surface area contributed by atoms with Crippen molar-refractivity contribution >= 4 is 5.69 Å². The van der Waals surface area contributed by atoms with Crippen LogP contribution in [0.5, 0.6) is 0 Å². The minimum absolute atomic E-state index is 0.198. The Hall–Kier alpha value is -1.23. The van der Waals surface area contributed by atoms with E-state index in [2.05, 4.69) is 0 Å². The molecule has 2 fully saturated rings. The molecule has 1 saturated carbocycles. The molecule has 1 heterocycles. The maximum Gasteiger partial charge on any atom is 0.418 e. The molecule has 2 unspecified atom stereocenters. The third-order valence-electron chi connectivity index (χ3n) is 3.81. The zero-order chi connectivity index (χ0) is 12.2. The number of fused-ring (bicyclic) bond motifs is 1. The summed E-state index contributed by atoms with van der Waals surface area (Å²) in [4.78, 5) is 1.81. The van der Waals surface area contributed by atoms with Crippen LogP contribution < -0.4 is 10.6 Å². The largest absolute Gasteiger partial charge is 0.418 e. The summed E-state index contributed by atoms with van der Waals surface area (Å²) in [6, 6.07) is 5.95. The van der Waals surface area contributed by atoms with Gasteiger partial charge in [0.05, 0.1) is 5.56 Å². The molecule has 2 N–H and O–H groups in total. The fraction of sp³-hybridized carbons (Fsp3) is 0.500.